The Morgan fingerprint density at radius 3 is 2.43 bits per heavy atom. The van der Waals surface area contributed by atoms with Gasteiger partial charge in [-0.15, -0.1) is 0 Å². The van der Waals surface area contributed by atoms with Crippen LogP contribution >= 0.6 is 0 Å². The zero-order valence-electron chi connectivity index (χ0n) is 8.23. The van der Waals surface area contributed by atoms with Crippen LogP contribution < -0.4 is 0 Å². The van der Waals surface area contributed by atoms with Gasteiger partial charge in [-0.3, -0.25) is 4.79 Å². The molecule has 0 amide bonds. The quantitative estimate of drug-likeness (QED) is 0.777. The van der Waals surface area contributed by atoms with Crippen LogP contribution in [0.25, 0.3) is 0 Å². The van der Waals surface area contributed by atoms with Gasteiger partial charge in [0, 0.05) is 0 Å². The van der Waals surface area contributed by atoms with Crippen LogP contribution in [0.5, 0.6) is 0 Å². The molecule has 14 heavy (non-hydrogen) atoms. The molecule has 0 radical (unpaired) electrons. The fourth-order valence-electron chi connectivity index (χ4n) is 2.33. The Morgan fingerprint density at radius 1 is 1.43 bits per heavy atom. The highest BCUT2D eigenvalue weighted by Gasteiger charge is 2.51. The van der Waals surface area contributed by atoms with Gasteiger partial charge in [-0.25, -0.2) is 0 Å². The van der Waals surface area contributed by atoms with Gasteiger partial charge in [-0.1, -0.05) is 37.3 Å². The van der Waals surface area contributed by atoms with Gasteiger partial charge in [0.25, 0.3) is 0 Å². The molecule has 1 aliphatic rings. The number of hydrogen-bond donors (Lipinski definition) is 1. The topological polar surface area (TPSA) is 37.3 Å². The largest absolute Gasteiger partial charge is 0.481 e. The first kappa shape index (κ1) is 9.25. The van der Waals surface area contributed by atoms with Crippen molar-refractivity contribution in [3.05, 3.63) is 35.9 Å². The zero-order valence-corrected chi connectivity index (χ0v) is 8.23. The summed E-state index contributed by atoms with van der Waals surface area (Å²) in [5.41, 5.74) is 0.340. The van der Waals surface area contributed by atoms with Crippen molar-refractivity contribution in [1.82, 2.24) is 0 Å². The Morgan fingerprint density at radius 2 is 2.07 bits per heavy atom. The number of hydrogen-bond acceptors (Lipinski definition) is 1. The maximum absolute atomic E-state index is 11.3. The van der Waals surface area contributed by atoms with E-state index in [0.29, 0.717) is 0 Å². The maximum Gasteiger partial charge on any atom is 0.314 e. The van der Waals surface area contributed by atoms with Crippen molar-refractivity contribution >= 4 is 5.97 Å². The van der Waals surface area contributed by atoms with Crippen LogP contribution in [0.3, 0.4) is 0 Å². The summed E-state index contributed by atoms with van der Waals surface area (Å²) in [7, 11) is 0. The van der Waals surface area contributed by atoms with Crippen LogP contribution in [0.2, 0.25) is 0 Å². The molecule has 1 saturated carbocycles. The number of rotatable bonds is 2. The normalized spacial score (nSPS) is 30.8. The van der Waals surface area contributed by atoms with E-state index in [4.69, 9.17) is 0 Å². The van der Waals surface area contributed by atoms with E-state index >= 15 is 0 Å². The number of carbonyl (C=O) groups is 1. The predicted octanol–water partition coefficient (Wildman–Crippen LogP) is 2.44. The van der Waals surface area contributed by atoms with E-state index in [0.717, 1.165) is 18.4 Å². The van der Waals surface area contributed by atoms with Crippen molar-refractivity contribution in [2.24, 2.45) is 5.92 Å². The van der Waals surface area contributed by atoms with Crippen molar-refractivity contribution in [3.63, 3.8) is 0 Å². The molecule has 1 fully saturated rings. The van der Waals surface area contributed by atoms with Crippen LogP contribution in [-0.2, 0) is 10.2 Å². The van der Waals surface area contributed by atoms with Gasteiger partial charge in [0.1, 0.15) is 0 Å². The summed E-state index contributed by atoms with van der Waals surface area (Å²) in [5, 5.41) is 9.31. The minimum Gasteiger partial charge on any atom is -0.481 e. The Kier molecular flexibility index (Phi) is 2.06. The summed E-state index contributed by atoms with van der Waals surface area (Å²) in [5.74, 6) is -0.426. The third kappa shape index (κ3) is 1.07. The summed E-state index contributed by atoms with van der Waals surface area (Å²) < 4.78 is 0. The second kappa shape index (κ2) is 3.12. The minimum atomic E-state index is -0.678. The van der Waals surface area contributed by atoms with Crippen molar-refractivity contribution in [2.75, 3.05) is 0 Å². The zero-order chi connectivity index (χ0) is 10.2. The predicted molar refractivity (Wildman–Crippen MR) is 54.2 cm³/mol. The highest BCUT2D eigenvalue weighted by atomic mass is 16.4. The van der Waals surface area contributed by atoms with E-state index in [-0.39, 0.29) is 5.92 Å². The van der Waals surface area contributed by atoms with Gasteiger partial charge in [-0.2, -0.15) is 0 Å². The standard InChI is InChI=1S/C12H14O2/c1-9-7-8-12(9,11(13)14)10-5-3-2-4-6-10/h2-6,9H,7-8H2,1H3,(H,13,14)/t9-,12-/m1/s1. The lowest BCUT2D eigenvalue weighted by Gasteiger charge is -2.44. The first-order chi connectivity index (χ1) is 6.68. The third-order valence-corrected chi connectivity index (χ3v) is 3.48. The molecular weight excluding hydrogens is 176 g/mol. The Balaban J connectivity index is 2.43. The van der Waals surface area contributed by atoms with Crippen LogP contribution in [0.15, 0.2) is 30.3 Å². The summed E-state index contributed by atoms with van der Waals surface area (Å²) in [4.78, 5) is 11.3. The average Bonchev–Trinajstić information content (AvgIpc) is 2.17. The average molecular weight is 190 g/mol. The molecule has 2 nitrogen and oxygen atoms in total. The maximum atomic E-state index is 11.3. The lowest BCUT2D eigenvalue weighted by molar-refractivity contribution is -0.151. The molecule has 1 aromatic carbocycles. The molecule has 1 aromatic rings. The molecule has 0 saturated heterocycles. The molecule has 2 rings (SSSR count). The van der Waals surface area contributed by atoms with Crippen molar-refractivity contribution in [3.8, 4) is 0 Å². The van der Waals surface area contributed by atoms with E-state index in [2.05, 4.69) is 0 Å². The molecule has 2 atom stereocenters. The molecule has 0 aromatic heterocycles. The van der Waals surface area contributed by atoms with E-state index in [9.17, 15) is 9.90 Å². The van der Waals surface area contributed by atoms with Crippen LogP contribution in [0.1, 0.15) is 25.3 Å². The molecule has 0 unspecified atom stereocenters. The molecule has 74 valence electrons. The molecule has 0 aliphatic heterocycles. The van der Waals surface area contributed by atoms with Gasteiger partial charge in [0.2, 0.25) is 0 Å². The lowest BCUT2D eigenvalue weighted by Crippen LogP contribution is -2.49. The van der Waals surface area contributed by atoms with Gasteiger partial charge in [0.15, 0.2) is 0 Å². The van der Waals surface area contributed by atoms with E-state index in [1.54, 1.807) is 0 Å². The number of carboxylic acids is 1. The van der Waals surface area contributed by atoms with Gasteiger partial charge in [-0.05, 0) is 24.3 Å². The van der Waals surface area contributed by atoms with E-state index in [1.807, 2.05) is 37.3 Å². The van der Waals surface area contributed by atoms with Gasteiger partial charge < -0.3 is 5.11 Å². The summed E-state index contributed by atoms with van der Waals surface area (Å²) in [6.45, 7) is 2.02. The van der Waals surface area contributed by atoms with E-state index in [1.165, 1.54) is 0 Å². The fourth-order valence-corrected chi connectivity index (χ4v) is 2.33. The Labute approximate surface area is 83.6 Å². The third-order valence-electron chi connectivity index (χ3n) is 3.48. The number of aliphatic carboxylic acids is 1. The van der Waals surface area contributed by atoms with Crippen molar-refractivity contribution in [2.45, 2.75) is 25.2 Å². The molecule has 2 heteroatoms. The van der Waals surface area contributed by atoms with Gasteiger partial charge >= 0.3 is 5.97 Å². The SMILES string of the molecule is C[C@@H]1CC[C@]1(C(=O)O)c1ccccc1. The first-order valence-electron chi connectivity index (χ1n) is 4.97. The van der Waals surface area contributed by atoms with Crippen molar-refractivity contribution < 1.29 is 9.90 Å². The molecule has 0 heterocycles. The van der Waals surface area contributed by atoms with Gasteiger partial charge in [0.05, 0.1) is 5.41 Å². The molecule has 0 bridgehead atoms. The second-order valence-electron chi connectivity index (χ2n) is 4.08. The van der Waals surface area contributed by atoms with Crippen LogP contribution in [0.4, 0.5) is 0 Å². The first-order valence-corrected chi connectivity index (χ1v) is 4.97. The molecule has 1 aliphatic carbocycles. The summed E-state index contributed by atoms with van der Waals surface area (Å²) in [6, 6.07) is 9.58. The highest BCUT2D eigenvalue weighted by molar-refractivity contribution is 5.83. The van der Waals surface area contributed by atoms with Crippen LogP contribution in [0, 0.1) is 5.92 Å². The Hall–Kier alpha value is -1.31. The molecular formula is C12H14O2. The smallest absolute Gasteiger partial charge is 0.314 e. The second-order valence-corrected chi connectivity index (χ2v) is 4.08. The fraction of sp³-hybridized carbons (Fsp3) is 0.417. The van der Waals surface area contributed by atoms with E-state index < -0.39 is 11.4 Å². The molecule has 0 spiro atoms. The van der Waals surface area contributed by atoms with Crippen molar-refractivity contribution in [1.29, 1.82) is 0 Å². The molecule has 1 N–H and O–H groups in total. The summed E-state index contributed by atoms with van der Waals surface area (Å²) >= 11 is 0. The highest BCUT2D eigenvalue weighted by Crippen LogP contribution is 2.48. The monoisotopic (exact) mass is 190 g/mol. The lowest BCUT2D eigenvalue weighted by atomic mass is 9.57. The summed E-state index contributed by atoms with van der Waals surface area (Å²) in [6.07, 6.45) is 1.79. The minimum absolute atomic E-state index is 0.252. The Bertz CT molecular complexity index is 345. The number of benzene rings is 1. The van der Waals surface area contributed by atoms with Crippen LogP contribution in [-0.4, -0.2) is 11.1 Å². The number of carboxylic acid groups (broad SMARTS) is 1.